The molecule has 100 valence electrons. The topological polar surface area (TPSA) is 55.6 Å². The van der Waals surface area contributed by atoms with Crippen molar-refractivity contribution in [1.82, 2.24) is 25.5 Å². The molecule has 0 atom stereocenters. The van der Waals surface area contributed by atoms with Crippen molar-refractivity contribution in [3.05, 3.63) is 35.7 Å². The average Bonchev–Trinajstić information content (AvgIpc) is 2.89. The molecule has 0 bridgehead atoms. The van der Waals surface area contributed by atoms with Crippen molar-refractivity contribution in [1.29, 1.82) is 0 Å². The van der Waals surface area contributed by atoms with Crippen molar-refractivity contribution in [2.24, 2.45) is 5.92 Å². The van der Waals surface area contributed by atoms with Crippen LogP contribution in [0.2, 0.25) is 0 Å². The Balaban J connectivity index is 1.79. The first-order chi connectivity index (χ1) is 9.33. The minimum Gasteiger partial charge on any atom is -0.317 e. The van der Waals surface area contributed by atoms with Crippen LogP contribution in [0.15, 0.2) is 24.3 Å². The van der Waals surface area contributed by atoms with Crippen molar-refractivity contribution >= 4 is 0 Å². The van der Waals surface area contributed by atoms with E-state index in [0.29, 0.717) is 5.92 Å². The molecule has 2 heterocycles. The van der Waals surface area contributed by atoms with Crippen LogP contribution in [-0.4, -0.2) is 33.3 Å². The highest BCUT2D eigenvalue weighted by Gasteiger charge is 2.17. The quantitative estimate of drug-likeness (QED) is 0.905. The second-order valence-electron chi connectivity index (χ2n) is 5.24. The number of hydrogen-bond acceptors (Lipinski definition) is 4. The van der Waals surface area contributed by atoms with Crippen LogP contribution >= 0.6 is 0 Å². The van der Waals surface area contributed by atoms with Gasteiger partial charge >= 0.3 is 0 Å². The standard InChI is InChI=1S/C14H19N5/c1-11-2-4-13(5-3-11)19-14(16-17-18-19)10-12-6-8-15-9-7-12/h2-5,12,15H,6-10H2,1H3. The molecule has 5 nitrogen and oxygen atoms in total. The molecule has 19 heavy (non-hydrogen) atoms. The lowest BCUT2D eigenvalue weighted by Gasteiger charge is -2.21. The van der Waals surface area contributed by atoms with E-state index in [0.717, 1.165) is 31.0 Å². The predicted octanol–water partition coefficient (Wildman–Crippen LogP) is 1.51. The molecule has 0 saturated carbocycles. The SMILES string of the molecule is Cc1ccc(-n2nnnc2CC2CCNCC2)cc1. The van der Waals surface area contributed by atoms with Crippen LogP contribution in [0.5, 0.6) is 0 Å². The van der Waals surface area contributed by atoms with Crippen LogP contribution in [-0.2, 0) is 6.42 Å². The van der Waals surface area contributed by atoms with Gasteiger partial charge in [-0.15, -0.1) is 5.10 Å². The van der Waals surface area contributed by atoms with Gasteiger partial charge in [0.05, 0.1) is 5.69 Å². The molecule has 1 fully saturated rings. The molecule has 3 rings (SSSR count). The number of nitrogens with one attached hydrogen (secondary N) is 1. The number of benzene rings is 1. The molecule has 1 aromatic heterocycles. The molecule has 0 spiro atoms. The third kappa shape index (κ3) is 2.81. The molecule has 1 saturated heterocycles. The summed E-state index contributed by atoms with van der Waals surface area (Å²) in [4.78, 5) is 0. The highest BCUT2D eigenvalue weighted by molar-refractivity contribution is 5.33. The lowest BCUT2D eigenvalue weighted by molar-refractivity contribution is 0.365. The van der Waals surface area contributed by atoms with Crippen LogP contribution in [0.4, 0.5) is 0 Å². The molecule has 1 aliphatic heterocycles. The van der Waals surface area contributed by atoms with Crippen molar-refractivity contribution in [2.45, 2.75) is 26.2 Å². The van der Waals surface area contributed by atoms with E-state index in [4.69, 9.17) is 0 Å². The summed E-state index contributed by atoms with van der Waals surface area (Å²) in [5.41, 5.74) is 2.29. The molecule has 0 amide bonds. The number of tetrazole rings is 1. The first-order valence-corrected chi connectivity index (χ1v) is 6.88. The second kappa shape index (κ2) is 5.48. The summed E-state index contributed by atoms with van der Waals surface area (Å²) in [7, 11) is 0. The fraction of sp³-hybridized carbons (Fsp3) is 0.500. The van der Waals surface area contributed by atoms with Crippen molar-refractivity contribution < 1.29 is 0 Å². The first kappa shape index (κ1) is 12.3. The van der Waals surface area contributed by atoms with Gasteiger partial charge < -0.3 is 5.32 Å². The number of rotatable bonds is 3. The Morgan fingerprint density at radius 1 is 1.21 bits per heavy atom. The minimum absolute atomic E-state index is 0.691. The van der Waals surface area contributed by atoms with E-state index in [1.807, 2.05) is 4.68 Å². The molecule has 0 unspecified atom stereocenters. The maximum Gasteiger partial charge on any atom is 0.156 e. The molecular weight excluding hydrogens is 238 g/mol. The Hall–Kier alpha value is -1.75. The Kier molecular flexibility index (Phi) is 3.55. The number of hydrogen-bond donors (Lipinski definition) is 1. The Morgan fingerprint density at radius 3 is 2.68 bits per heavy atom. The first-order valence-electron chi connectivity index (χ1n) is 6.88. The van der Waals surface area contributed by atoms with Gasteiger partial charge in [0, 0.05) is 6.42 Å². The molecule has 1 aromatic carbocycles. The lowest BCUT2D eigenvalue weighted by atomic mass is 9.94. The van der Waals surface area contributed by atoms with Crippen molar-refractivity contribution in [3.8, 4) is 5.69 Å². The number of nitrogens with zero attached hydrogens (tertiary/aromatic N) is 4. The third-order valence-corrected chi connectivity index (χ3v) is 3.74. The molecule has 0 radical (unpaired) electrons. The summed E-state index contributed by atoms with van der Waals surface area (Å²) >= 11 is 0. The monoisotopic (exact) mass is 257 g/mol. The van der Waals surface area contributed by atoms with E-state index >= 15 is 0 Å². The summed E-state index contributed by atoms with van der Waals surface area (Å²) in [5, 5.41) is 15.5. The summed E-state index contributed by atoms with van der Waals surface area (Å²) in [6.45, 7) is 4.30. The highest BCUT2D eigenvalue weighted by atomic mass is 15.5. The summed E-state index contributed by atoms with van der Waals surface area (Å²) in [6, 6.07) is 8.31. The maximum absolute atomic E-state index is 4.19. The second-order valence-corrected chi connectivity index (χ2v) is 5.24. The summed E-state index contributed by atoms with van der Waals surface area (Å²) < 4.78 is 1.86. The van der Waals surface area contributed by atoms with Gasteiger partial charge in [-0.05, 0) is 61.3 Å². The fourth-order valence-electron chi connectivity index (χ4n) is 2.56. The van der Waals surface area contributed by atoms with E-state index in [1.165, 1.54) is 18.4 Å². The predicted molar refractivity (Wildman–Crippen MR) is 73.2 cm³/mol. The Labute approximate surface area is 113 Å². The van der Waals surface area contributed by atoms with E-state index in [2.05, 4.69) is 52.0 Å². The maximum atomic E-state index is 4.19. The van der Waals surface area contributed by atoms with E-state index in [1.54, 1.807) is 0 Å². The normalized spacial score (nSPS) is 16.7. The van der Waals surface area contributed by atoms with E-state index in [-0.39, 0.29) is 0 Å². The van der Waals surface area contributed by atoms with Gasteiger partial charge in [0.25, 0.3) is 0 Å². The third-order valence-electron chi connectivity index (χ3n) is 3.74. The van der Waals surface area contributed by atoms with Crippen LogP contribution in [0.3, 0.4) is 0 Å². The molecule has 1 N–H and O–H groups in total. The largest absolute Gasteiger partial charge is 0.317 e. The van der Waals surface area contributed by atoms with Gasteiger partial charge in [-0.3, -0.25) is 0 Å². The van der Waals surface area contributed by atoms with Gasteiger partial charge in [-0.2, -0.15) is 4.68 Å². The Bertz CT molecular complexity index is 525. The van der Waals surface area contributed by atoms with Crippen LogP contribution in [0.25, 0.3) is 5.69 Å². The van der Waals surface area contributed by atoms with E-state index < -0.39 is 0 Å². The van der Waals surface area contributed by atoms with Gasteiger partial charge in [0.2, 0.25) is 0 Å². The molecule has 5 heteroatoms. The molecule has 2 aromatic rings. The molecular formula is C14H19N5. The van der Waals surface area contributed by atoms with Crippen molar-refractivity contribution in [3.63, 3.8) is 0 Å². The lowest BCUT2D eigenvalue weighted by Crippen LogP contribution is -2.29. The highest BCUT2D eigenvalue weighted by Crippen LogP contribution is 2.18. The zero-order valence-corrected chi connectivity index (χ0v) is 11.2. The van der Waals surface area contributed by atoms with Gasteiger partial charge in [0.15, 0.2) is 5.82 Å². The van der Waals surface area contributed by atoms with Gasteiger partial charge in [-0.25, -0.2) is 0 Å². The van der Waals surface area contributed by atoms with Crippen LogP contribution in [0.1, 0.15) is 24.2 Å². The zero-order chi connectivity index (χ0) is 13.1. The number of aryl methyl sites for hydroxylation is 1. The van der Waals surface area contributed by atoms with Gasteiger partial charge in [-0.1, -0.05) is 17.7 Å². The molecule has 1 aliphatic rings. The smallest absolute Gasteiger partial charge is 0.156 e. The van der Waals surface area contributed by atoms with Gasteiger partial charge in [0.1, 0.15) is 0 Å². The Morgan fingerprint density at radius 2 is 1.95 bits per heavy atom. The van der Waals surface area contributed by atoms with Crippen molar-refractivity contribution in [2.75, 3.05) is 13.1 Å². The number of piperidine rings is 1. The van der Waals surface area contributed by atoms with E-state index in [9.17, 15) is 0 Å². The van der Waals surface area contributed by atoms with Crippen LogP contribution < -0.4 is 5.32 Å². The number of aromatic nitrogens is 4. The van der Waals surface area contributed by atoms with Crippen LogP contribution in [0, 0.1) is 12.8 Å². The fourth-order valence-corrected chi connectivity index (χ4v) is 2.56. The molecule has 0 aliphatic carbocycles. The summed E-state index contributed by atoms with van der Waals surface area (Å²) in [6.07, 6.45) is 3.38. The minimum atomic E-state index is 0.691. The average molecular weight is 257 g/mol. The summed E-state index contributed by atoms with van der Waals surface area (Å²) in [5.74, 6) is 1.66. The zero-order valence-electron chi connectivity index (χ0n) is 11.2.